The van der Waals surface area contributed by atoms with Crippen molar-refractivity contribution < 1.29 is 13.2 Å². The summed E-state index contributed by atoms with van der Waals surface area (Å²) in [5.74, 6) is 0.765. The second kappa shape index (κ2) is 7.87. The molecule has 22 heavy (non-hydrogen) atoms. The molecule has 5 nitrogen and oxygen atoms in total. The number of benzene rings is 1. The zero-order valence-electron chi connectivity index (χ0n) is 12.7. The molecule has 1 aliphatic rings. The van der Waals surface area contributed by atoms with E-state index in [2.05, 4.69) is 10.2 Å². The molecule has 1 aliphatic heterocycles. The smallest absolute Gasteiger partial charge is 0.230 e. The number of hydrogen-bond donors (Lipinski definition) is 1. The van der Waals surface area contributed by atoms with E-state index in [0.29, 0.717) is 18.7 Å². The third-order valence-corrected chi connectivity index (χ3v) is 6.89. The molecule has 2 rings (SSSR count). The lowest BCUT2D eigenvalue weighted by atomic mass is 10.3. The van der Waals surface area contributed by atoms with Crippen LogP contribution in [0.15, 0.2) is 30.3 Å². The van der Waals surface area contributed by atoms with Crippen molar-refractivity contribution in [3.8, 4) is 0 Å². The van der Waals surface area contributed by atoms with Gasteiger partial charge in [0.2, 0.25) is 5.91 Å². The van der Waals surface area contributed by atoms with Crippen molar-refractivity contribution in [3.05, 3.63) is 30.3 Å². The summed E-state index contributed by atoms with van der Waals surface area (Å²) in [6.45, 7) is 1.31. The summed E-state index contributed by atoms with van der Waals surface area (Å²) in [6, 6.07) is 9.99. The summed E-state index contributed by atoms with van der Waals surface area (Å²) in [4.78, 5) is 13.9. The summed E-state index contributed by atoms with van der Waals surface area (Å²) in [5, 5.41) is 2.95. The van der Waals surface area contributed by atoms with E-state index in [9.17, 15) is 13.2 Å². The number of carbonyl (C=O) groups is 1. The topological polar surface area (TPSA) is 66.5 Å². The molecular weight excluding hydrogens is 320 g/mol. The predicted molar refractivity (Wildman–Crippen MR) is 92.2 cm³/mol. The highest BCUT2D eigenvalue weighted by Gasteiger charge is 2.28. The minimum Gasteiger partial charge on any atom is -0.373 e. The minimum atomic E-state index is -2.86. The first-order valence-corrected chi connectivity index (χ1v) is 10.2. The molecule has 0 aromatic heterocycles. The number of thioether (sulfide) groups is 1. The predicted octanol–water partition coefficient (Wildman–Crippen LogP) is 1.16. The maximum atomic E-state index is 11.8. The van der Waals surface area contributed by atoms with Crippen LogP contribution in [0, 0.1) is 0 Å². The molecule has 1 amide bonds. The van der Waals surface area contributed by atoms with Gasteiger partial charge in [0.1, 0.15) is 0 Å². The van der Waals surface area contributed by atoms with E-state index in [-0.39, 0.29) is 22.7 Å². The van der Waals surface area contributed by atoms with Gasteiger partial charge in [-0.25, -0.2) is 8.42 Å². The van der Waals surface area contributed by atoms with Gasteiger partial charge in [-0.15, -0.1) is 11.8 Å². The number of rotatable bonds is 7. The van der Waals surface area contributed by atoms with Crippen LogP contribution in [0.25, 0.3) is 0 Å². The summed E-state index contributed by atoms with van der Waals surface area (Å²) >= 11 is 1.44. The Morgan fingerprint density at radius 1 is 1.36 bits per heavy atom. The van der Waals surface area contributed by atoms with Crippen molar-refractivity contribution in [1.29, 1.82) is 0 Å². The summed E-state index contributed by atoms with van der Waals surface area (Å²) in [5.41, 5.74) is 1.11. The Hall–Kier alpha value is -1.21. The molecule has 0 saturated carbocycles. The largest absolute Gasteiger partial charge is 0.373 e. The van der Waals surface area contributed by atoms with Gasteiger partial charge in [0.25, 0.3) is 0 Å². The van der Waals surface area contributed by atoms with E-state index in [4.69, 9.17) is 0 Å². The fourth-order valence-electron chi connectivity index (χ4n) is 2.31. The fraction of sp³-hybridized carbons (Fsp3) is 0.533. The van der Waals surface area contributed by atoms with Crippen LogP contribution in [0.5, 0.6) is 0 Å². The van der Waals surface area contributed by atoms with Gasteiger partial charge >= 0.3 is 0 Å². The number of anilines is 1. The number of amides is 1. The highest BCUT2D eigenvalue weighted by Crippen LogP contribution is 2.23. The second-order valence-corrected chi connectivity index (χ2v) is 8.96. The Kier molecular flexibility index (Phi) is 6.14. The zero-order valence-corrected chi connectivity index (χ0v) is 14.3. The van der Waals surface area contributed by atoms with Gasteiger partial charge in [0, 0.05) is 31.1 Å². The summed E-state index contributed by atoms with van der Waals surface area (Å²) in [7, 11) is -0.876. The lowest BCUT2D eigenvalue weighted by molar-refractivity contribution is -0.118. The van der Waals surface area contributed by atoms with E-state index >= 15 is 0 Å². The molecule has 1 fully saturated rings. The van der Waals surface area contributed by atoms with Gasteiger partial charge in [-0.2, -0.15) is 0 Å². The third-order valence-electron chi connectivity index (χ3n) is 3.61. The summed E-state index contributed by atoms with van der Waals surface area (Å²) in [6.07, 6.45) is 0.664. The molecule has 1 heterocycles. The monoisotopic (exact) mass is 342 g/mol. The zero-order chi connectivity index (χ0) is 16.0. The molecule has 7 heteroatoms. The van der Waals surface area contributed by atoms with Gasteiger partial charge < -0.3 is 10.2 Å². The van der Waals surface area contributed by atoms with Crippen LogP contribution in [-0.4, -0.2) is 57.0 Å². The second-order valence-electron chi connectivity index (χ2n) is 5.44. The lowest BCUT2D eigenvalue weighted by Crippen LogP contribution is -2.34. The maximum Gasteiger partial charge on any atom is 0.230 e. The van der Waals surface area contributed by atoms with Crippen molar-refractivity contribution >= 4 is 33.2 Å². The first kappa shape index (κ1) is 17.1. The van der Waals surface area contributed by atoms with Crippen LogP contribution in [0.1, 0.15) is 6.42 Å². The van der Waals surface area contributed by atoms with Gasteiger partial charge in [-0.1, -0.05) is 18.2 Å². The number of para-hydroxylation sites is 1. The van der Waals surface area contributed by atoms with Gasteiger partial charge in [0.15, 0.2) is 9.84 Å². The normalized spacial score (nSPS) is 19.8. The number of nitrogens with zero attached hydrogens (tertiary/aromatic N) is 1. The molecule has 1 unspecified atom stereocenters. The van der Waals surface area contributed by atoms with Crippen LogP contribution in [0.2, 0.25) is 0 Å². The molecule has 1 aromatic carbocycles. The van der Waals surface area contributed by atoms with Crippen molar-refractivity contribution in [1.82, 2.24) is 5.32 Å². The molecule has 1 atom stereocenters. The molecule has 1 N–H and O–H groups in total. The first-order chi connectivity index (χ1) is 10.5. The van der Waals surface area contributed by atoms with Gasteiger partial charge in [-0.3, -0.25) is 4.79 Å². The first-order valence-electron chi connectivity index (χ1n) is 7.31. The Morgan fingerprint density at radius 3 is 2.73 bits per heavy atom. The lowest BCUT2D eigenvalue weighted by Gasteiger charge is -2.19. The molecule has 0 radical (unpaired) electrons. The summed E-state index contributed by atoms with van der Waals surface area (Å²) < 4.78 is 22.7. The Morgan fingerprint density at radius 2 is 2.09 bits per heavy atom. The maximum absolute atomic E-state index is 11.8. The quantitative estimate of drug-likeness (QED) is 0.805. The standard InChI is InChI=1S/C15H22N2O3S2/c1-17(13-5-3-2-4-6-13)9-8-16-15(18)11-21-14-7-10-22(19,20)12-14/h2-6,14H,7-12H2,1H3,(H,16,18). The Labute approximate surface area is 136 Å². The number of likely N-dealkylation sites (N-methyl/N-ethyl adjacent to an activating group) is 1. The molecule has 1 saturated heterocycles. The van der Waals surface area contributed by atoms with Crippen molar-refractivity contribution in [2.75, 3.05) is 42.3 Å². The van der Waals surface area contributed by atoms with Crippen LogP contribution >= 0.6 is 11.8 Å². The van der Waals surface area contributed by atoms with Crippen molar-refractivity contribution in [2.45, 2.75) is 11.7 Å². The van der Waals surface area contributed by atoms with Gasteiger partial charge in [0.05, 0.1) is 17.3 Å². The molecule has 1 aromatic rings. The SMILES string of the molecule is CN(CCNC(=O)CSC1CCS(=O)(=O)C1)c1ccccc1. The van der Waals surface area contributed by atoms with E-state index in [1.54, 1.807) is 0 Å². The van der Waals surface area contributed by atoms with E-state index in [0.717, 1.165) is 12.2 Å². The number of hydrogen-bond acceptors (Lipinski definition) is 5. The number of carbonyl (C=O) groups excluding carboxylic acids is 1. The molecule has 0 spiro atoms. The van der Waals surface area contributed by atoms with Crippen LogP contribution < -0.4 is 10.2 Å². The Bertz CT molecular complexity index is 590. The van der Waals surface area contributed by atoms with Crippen LogP contribution in [-0.2, 0) is 14.6 Å². The van der Waals surface area contributed by atoms with Crippen LogP contribution in [0.3, 0.4) is 0 Å². The van der Waals surface area contributed by atoms with E-state index in [1.807, 2.05) is 37.4 Å². The fourth-order valence-corrected chi connectivity index (χ4v) is 5.78. The number of sulfone groups is 1. The third kappa shape index (κ3) is 5.53. The number of nitrogens with one attached hydrogen (secondary N) is 1. The van der Waals surface area contributed by atoms with E-state index in [1.165, 1.54) is 11.8 Å². The molecule has 0 bridgehead atoms. The van der Waals surface area contributed by atoms with Gasteiger partial charge in [-0.05, 0) is 18.6 Å². The van der Waals surface area contributed by atoms with E-state index < -0.39 is 9.84 Å². The van der Waals surface area contributed by atoms with Crippen LogP contribution in [0.4, 0.5) is 5.69 Å². The average Bonchev–Trinajstić information content (AvgIpc) is 2.85. The highest BCUT2D eigenvalue weighted by atomic mass is 32.2. The highest BCUT2D eigenvalue weighted by molar-refractivity contribution is 8.02. The average molecular weight is 342 g/mol. The molecule has 0 aliphatic carbocycles. The molecular formula is C15H22N2O3S2. The van der Waals surface area contributed by atoms with Crippen molar-refractivity contribution in [2.24, 2.45) is 0 Å². The molecule has 122 valence electrons. The minimum absolute atomic E-state index is 0.0317. The Balaban J connectivity index is 1.62. The van der Waals surface area contributed by atoms with Crippen molar-refractivity contribution in [3.63, 3.8) is 0 Å².